The molecule has 0 radical (unpaired) electrons. The smallest absolute Gasteiger partial charge is 0.154 e. The molecular weight excluding hydrogens is 178 g/mol. The van der Waals surface area contributed by atoms with Crippen LogP contribution in [0, 0.1) is 6.92 Å². The Balaban J connectivity index is 0.000000146. The maximum atomic E-state index is 3.86. The molecule has 1 N–H and O–H groups in total. The fourth-order valence-corrected chi connectivity index (χ4v) is 0.698. The maximum Gasteiger partial charge on any atom is 0.154 e. The Morgan fingerprint density at radius 2 is 2.00 bits per heavy atom. The Bertz CT molecular complexity index is 354. The lowest BCUT2D eigenvalue weighted by molar-refractivity contribution is 1.03. The summed E-state index contributed by atoms with van der Waals surface area (Å²) in [5.74, 6) is 1.58. The molecule has 72 valence electrons. The summed E-state index contributed by atoms with van der Waals surface area (Å²) in [5.41, 5.74) is 0. The first kappa shape index (κ1) is 10.0. The summed E-state index contributed by atoms with van der Waals surface area (Å²) in [7, 11) is 0. The molecule has 2 heterocycles. The summed E-state index contributed by atoms with van der Waals surface area (Å²) >= 11 is 0. The van der Waals surface area contributed by atoms with Crippen LogP contribution in [-0.4, -0.2) is 24.9 Å². The lowest BCUT2D eigenvalue weighted by Crippen LogP contribution is -1.84. The first-order valence-corrected chi connectivity index (χ1v) is 4.03. The highest BCUT2D eigenvalue weighted by molar-refractivity contribution is 5.33. The van der Waals surface area contributed by atoms with E-state index in [1.807, 2.05) is 6.92 Å². The summed E-state index contributed by atoms with van der Waals surface area (Å²) in [6.45, 7) is 5.39. The lowest BCUT2D eigenvalue weighted by atomic mass is 10.6. The van der Waals surface area contributed by atoms with E-state index in [0.29, 0.717) is 5.82 Å². The highest BCUT2D eigenvalue weighted by Crippen LogP contribution is 1.82. The van der Waals surface area contributed by atoms with Crippen molar-refractivity contribution in [1.29, 1.82) is 0 Å². The van der Waals surface area contributed by atoms with Crippen molar-refractivity contribution in [2.75, 3.05) is 0 Å². The number of aryl methyl sites for hydroxylation is 1. The van der Waals surface area contributed by atoms with Crippen LogP contribution in [0.2, 0.25) is 0 Å². The highest BCUT2D eigenvalue weighted by atomic mass is 15.0. The highest BCUT2D eigenvalue weighted by Gasteiger charge is 1.79. The predicted octanol–water partition coefficient (Wildman–Crippen LogP) is 1.23. The SMILES string of the molecule is C=Cc1ncncn1.Cc1ncc[nH]1. The lowest BCUT2D eigenvalue weighted by Gasteiger charge is -1.83. The van der Waals surface area contributed by atoms with Gasteiger partial charge in [-0.15, -0.1) is 0 Å². The first-order chi connectivity index (χ1) is 6.83. The van der Waals surface area contributed by atoms with Gasteiger partial charge in [0.25, 0.3) is 0 Å². The molecule has 2 rings (SSSR count). The molecule has 2 aromatic heterocycles. The van der Waals surface area contributed by atoms with Gasteiger partial charge in [0, 0.05) is 12.4 Å². The number of nitrogens with zero attached hydrogens (tertiary/aromatic N) is 4. The van der Waals surface area contributed by atoms with Crippen molar-refractivity contribution in [1.82, 2.24) is 24.9 Å². The molecule has 5 nitrogen and oxygen atoms in total. The quantitative estimate of drug-likeness (QED) is 0.732. The molecular formula is C9H11N5. The van der Waals surface area contributed by atoms with E-state index in [9.17, 15) is 0 Å². The minimum Gasteiger partial charge on any atom is -0.349 e. The van der Waals surface area contributed by atoms with Crippen LogP contribution in [0.15, 0.2) is 31.6 Å². The third-order valence-electron chi connectivity index (χ3n) is 1.33. The van der Waals surface area contributed by atoms with Crippen LogP contribution in [0.5, 0.6) is 0 Å². The molecule has 0 unspecified atom stereocenters. The fourth-order valence-electron chi connectivity index (χ4n) is 0.698. The summed E-state index contributed by atoms with van der Waals surface area (Å²) in [6, 6.07) is 0. The number of nitrogens with one attached hydrogen (secondary N) is 1. The number of aromatic amines is 1. The third kappa shape index (κ3) is 3.57. The van der Waals surface area contributed by atoms with Crippen molar-refractivity contribution in [3.05, 3.63) is 43.3 Å². The molecule has 14 heavy (non-hydrogen) atoms. The van der Waals surface area contributed by atoms with E-state index < -0.39 is 0 Å². The molecule has 0 amide bonds. The predicted molar refractivity (Wildman–Crippen MR) is 53.2 cm³/mol. The van der Waals surface area contributed by atoms with Crippen molar-refractivity contribution in [3.8, 4) is 0 Å². The Morgan fingerprint density at radius 3 is 2.29 bits per heavy atom. The number of hydrogen-bond donors (Lipinski definition) is 1. The Labute approximate surface area is 82.0 Å². The van der Waals surface area contributed by atoms with E-state index in [1.54, 1.807) is 18.5 Å². The van der Waals surface area contributed by atoms with E-state index in [4.69, 9.17) is 0 Å². The Hall–Kier alpha value is -2.04. The van der Waals surface area contributed by atoms with Crippen LogP contribution in [0.4, 0.5) is 0 Å². The van der Waals surface area contributed by atoms with E-state index in [-0.39, 0.29) is 0 Å². The molecule has 0 spiro atoms. The molecule has 0 fully saturated rings. The molecule has 0 aliphatic heterocycles. The van der Waals surface area contributed by atoms with Gasteiger partial charge < -0.3 is 4.98 Å². The van der Waals surface area contributed by atoms with Crippen molar-refractivity contribution in [2.24, 2.45) is 0 Å². The molecule has 5 heteroatoms. The van der Waals surface area contributed by atoms with Gasteiger partial charge in [-0.3, -0.25) is 0 Å². The van der Waals surface area contributed by atoms with Crippen molar-refractivity contribution in [2.45, 2.75) is 6.92 Å². The summed E-state index contributed by atoms with van der Waals surface area (Å²) < 4.78 is 0. The van der Waals surface area contributed by atoms with E-state index in [2.05, 4.69) is 31.5 Å². The van der Waals surface area contributed by atoms with Gasteiger partial charge >= 0.3 is 0 Å². The second-order valence-corrected chi connectivity index (χ2v) is 2.38. The fraction of sp³-hybridized carbons (Fsp3) is 0.111. The van der Waals surface area contributed by atoms with Gasteiger partial charge in [0.1, 0.15) is 18.5 Å². The summed E-state index contributed by atoms with van der Waals surface area (Å²) in [5, 5.41) is 0. The normalized spacial score (nSPS) is 8.64. The van der Waals surface area contributed by atoms with Gasteiger partial charge in [0.15, 0.2) is 5.82 Å². The van der Waals surface area contributed by atoms with Crippen LogP contribution in [0.1, 0.15) is 11.6 Å². The van der Waals surface area contributed by atoms with Gasteiger partial charge in [-0.25, -0.2) is 19.9 Å². The zero-order chi connectivity index (χ0) is 10.2. The average molecular weight is 189 g/mol. The van der Waals surface area contributed by atoms with Crippen LogP contribution in [0.3, 0.4) is 0 Å². The van der Waals surface area contributed by atoms with Gasteiger partial charge in [-0.05, 0) is 13.0 Å². The number of imidazole rings is 1. The molecule has 2 aromatic rings. The second-order valence-electron chi connectivity index (χ2n) is 2.38. The monoisotopic (exact) mass is 189 g/mol. The topological polar surface area (TPSA) is 67.3 Å². The molecule has 0 aromatic carbocycles. The zero-order valence-electron chi connectivity index (χ0n) is 7.88. The van der Waals surface area contributed by atoms with E-state index >= 15 is 0 Å². The molecule has 0 saturated carbocycles. The maximum absolute atomic E-state index is 3.86. The van der Waals surface area contributed by atoms with Crippen LogP contribution < -0.4 is 0 Å². The number of H-pyrrole nitrogens is 1. The minimum absolute atomic E-state index is 0.611. The second kappa shape index (κ2) is 5.58. The van der Waals surface area contributed by atoms with Gasteiger partial charge in [0.05, 0.1) is 0 Å². The molecule has 0 aliphatic carbocycles. The Morgan fingerprint density at radius 1 is 1.29 bits per heavy atom. The van der Waals surface area contributed by atoms with Gasteiger partial charge in [-0.1, -0.05) is 6.58 Å². The van der Waals surface area contributed by atoms with E-state index in [1.165, 1.54) is 12.7 Å². The summed E-state index contributed by atoms with van der Waals surface area (Å²) in [6.07, 6.45) is 7.97. The average Bonchev–Trinajstić information content (AvgIpc) is 2.71. The first-order valence-electron chi connectivity index (χ1n) is 4.03. The molecule has 0 aliphatic rings. The van der Waals surface area contributed by atoms with Gasteiger partial charge in [0.2, 0.25) is 0 Å². The molecule has 0 saturated heterocycles. The van der Waals surface area contributed by atoms with Crippen molar-refractivity contribution >= 4 is 6.08 Å². The largest absolute Gasteiger partial charge is 0.349 e. The van der Waals surface area contributed by atoms with Crippen LogP contribution in [0.25, 0.3) is 6.08 Å². The Kier molecular flexibility index (Phi) is 4.00. The number of hydrogen-bond acceptors (Lipinski definition) is 4. The number of aromatic nitrogens is 5. The van der Waals surface area contributed by atoms with Crippen LogP contribution in [-0.2, 0) is 0 Å². The zero-order valence-corrected chi connectivity index (χ0v) is 7.88. The number of rotatable bonds is 1. The van der Waals surface area contributed by atoms with Crippen molar-refractivity contribution < 1.29 is 0 Å². The van der Waals surface area contributed by atoms with Gasteiger partial charge in [-0.2, -0.15) is 0 Å². The van der Waals surface area contributed by atoms with E-state index in [0.717, 1.165) is 5.82 Å². The standard InChI is InChI=1S/C5H5N3.C4H6N2/c1-2-5-7-3-6-4-8-5;1-4-5-2-3-6-4/h2-4H,1H2;2-3H,1H3,(H,5,6). The summed E-state index contributed by atoms with van der Waals surface area (Å²) in [4.78, 5) is 17.9. The third-order valence-corrected chi connectivity index (χ3v) is 1.33. The molecule has 0 atom stereocenters. The molecule has 0 bridgehead atoms. The van der Waals surface area contributed by atoms with Crippen LogP contribution >= 0.6 is 0 Å². The van der Waals surface area contributed by atoms with Crippen molar-refractivity contribution in [3.63, 3.8) is 0 Å². The minimum atomic E-state index is 0.611.